The number of ketones is 1. The summed E-state index contributed by atoms with van der Waals surface area (Å²) in [5, 5.41) is 9.08. The summed E-state index contributed by atoms with van der Waals surface area (Å²) < 4.78 is 46.1. The highest BCUT2D eigenvalue weighted by atomic mass is 16.6. The SMILES string of the molecule is CCCCCCc1cccc(C2(CCN(C)c3ccc(C=O)cc3)c3cc(C)ccc3-c3ccc(-c4ccc5c(c4)C(c4ccc(COCCOCCOCCO)c(C(C)=O)c4)(c4ccc(OCCOCCOCCOC)c(C(=O)OCC)c4)c4cc(C)ccc4-5)cc32)c1. The fourth-order valence-corrected chi connectivity index (χ4v) is 13.7. The van der Waals surface area contributed by atoms with Crippen LogP contribution in [0.2, 0.25) is 0 Å². The van der Waals surface area contributed by atoms with Crippen molar-refractivity contribution in [2.75, 3.05) is 111 Å². The molecular weight excluding hydrogens is 1180 g/mol. The summed E-state index contributed by atoms with van der Waals surface area (Å²) in [7, 11) is 3.78. The number of unbranched alkanes of at least 4 members (excludes halogenated alkanes) is 3. The largest absolute Gasteiger partial charge is 0.490 e. The molecule has 10 rings (SSSR count). The highest BCUT2D eigenvalue weighted by Crippen LogP contribution is 2.59. The highest BCUT2D eigenvalue weighted by molar-refractivity contribution is 5.98. The third-order valence-electron chi connectivity index (χ3n) is 18.4. The molecule has 2 aliphatic rings. The van der Waals surface area contributed by atoms with E-state index in [1.165, 1.54) is 58.2 Å². The van der Waals surface area contributed by atoms with Gasteiger partial charge >= 0.3 is 5.97 Å². The number of fused-ring (bicyclic) bond motifs is 6. The first kappa shape index (κ1) is 68.7. The van der Waals surface area contributed by atoms with Crippen molar-refractivity contribution in [1.82, 2.24) is 0 Å². The van der Waals surface area contributed by atoms with Crippen LogP contribution >= 0.6 is 0 Å². The number of aldehydes is 1. The van der Waals surface area contributed by atoms with E-state index in [1.54, 1.807) is 21.0 Å². The summed E-state index contributed by atoms with van der Waals surface area (Å²) in [6, 6.07) is 56.5. The first-order valence-corrected chi connectivity index (χ1v) is 33.4. The summed E-state index contributed by atoms with van der Waals surface area (Å²) in [5.41, 5.74) is 19.0. The Bertz CT molecular complexity index is 3890. The molecule has 0 aliphatic heterocycles. The predicted molar refractivity (Wildman–Crippen MR) is 371 cm³/mol. The van der Waals surface area contributed by atoms with E-state index in [4.69, 9.17) is 43.0 Å². The maximum absolute atomic E-state index is 14.5. The third-order valence-corrected chi connectivity index (χ3v) is 18.4. The number of esters is 1. The van der Waals surface area contributed by atoms with Crippen LogP contribution in [0.15, 0.2) is 158 Å². The summed E-state index contributed by atoms with van der Waals surface area (Å²) >= 11 is 0. The molecule has 0 fully saturated rings. The van der Waals surface area contributed by atoms with E-state index in [1.807, 2.05) is 54.6 Å². The molecule has 1 N–H and O–H groups in total. The number of aliphatic hydroxyl groups is 1. The zero-order valence-corrected chi connectivity index (χ0v) is 55.8. The van der Waals surface area contributed by atoms with Gasteiger partial charge in [0.1, 0.15) is 24.2 Å². The molecule has 2 atom stereocenters. The van der Waals surface area contributed by atoms with Gasteiger partial charge in [0.15, 0.2) is 5.78 Å². The van der Waals surface area contributed by atoms with Crippen LogP contribution in [0.5, 0.6) is 5.75 Å². The average molecular weight is 1270 g/mol. The third kappa shape index (κ3) is 15.2. The second-order valence-electron chi connectivity index (χ2n) is 24.6. The van der Waals surface area contributed by atoms with Crippen LogP contribution < -0.4 is 9.64 Å². The van der Waals surface area contributed by atoms with Crippen molar-refractivity contribution < 1.29 is 57.4 Å². The number of aryl methyl sites for hydroxylation is 3. The molecule has 0 aromatic heterocycles. The second-order valence-corrected chi connectivity index (χ2v) is 24.6. The predicted octanol–water partition coefficient (Wildman–Crippen LogP) is 15.1. The molecule has 0 bridgehead atoms. The number of Topliss-reactive ketones (excluding diaryl/α,β-unsaturated/α-hetero) is 1. The zero-order chi connectivity index (χ0) is 66.0. The van der Waals surface area contributed by atoms with Gasteiger partial charge in [0, 0.05) is 42.9 Å². The maximum atomic E-state index is 14.5. The number of hydrogen-bond acceptors (Lipinski definition) is 13. The number of carbonyl (C=O) groups is 3. The molecule has 0 saturated carbocycles. The van der Waals surface area contributed by atoms with E-state index >= 15 is 0 Å². The molecular formula is C81H91NO12. The minimum atomic E-state index is -1.12. The standard InChI is InChI=1S/C81H91NO12/c1-8-10-11-12-14-59-15-13-16-64(49-59)80(33-34-82(6)67-26-19-60(54-84)20-27-67)74-47-56(3)17-28-68(74)69-30-22-61(50-75(69)80)62-23-31-71-70-29-18-57(4)48-76(70)81(77(71)51-62,65-24-21-63(72(52-65)58(5)85)55-92-44-43-90-40-39-88-36-35-83)66-25-32-78(73(53-66)79(86)93-9-2)94-46-45-91-42-41-89-38-37-87-7/h13,15-32,47-54,83H,8-12,14,33-46,55H2,1-7H3. The Kier molecular flexibility index (Phi) is 24.0. The lowest BCUT2D eigenvalue weighted by molar-refractivity contribution is 0.00443. The van der Waals surface area contributed by atoms with Crippen LogP contribution in [-0.2, 0) is 57.0 Å². The normalized spacial score (nSPS) is 15.1. The van der Waals surface area contributed by atoms with Crippen molar-refractivity contribution in [2.45, 2.75) is 90.6 Å². The Morgan fingerprint density at radius 1 is 0.553 bits per heavy atom. The molecule has 492 valence electrons. The molecule has 94 heavy (non-hydrogen) atoms. The number of aliphatic hydroxyl groups excluding tert-OH is 1. The van der Waals surface area contributed by atoms with Crippen LogP contribution in [-0.4, -0.2) is 130 Å². The topological polar surface area (TPSA) is 149 Å². The zero-order valence-electron chi connectivity index (χ0n) is 55.8. The van der Waals surface area contributed by atoms with Gasteiger partial charge in [-0.25, -0.2) is 4.79 Å². The molecule has 0 heterocycles. The van der Waals surface area contributed by atoms with Crippen molar-refractivity contribution in [3.8, 4) is 39.1 Å². The minimum absolute atomic E-state index is 0.0502. The number of hydrogen-bond donors (Lipinski definition) is 1. The molecule has 8 aromatic rings. The Morgan fingerprint density at radius 2 is 1.13 bits per heavy atom. The van der Waals surface area contributed by atoms with Gasteiger partial charge in [0.2, 0.25) is 0 Å². The van der Waals surface area contributed by atoms with Gasteiger partial charge in [-0.15, -0.1) is 0 Å². The minimum Gasteiger partial charge on any atom is -0.490 e. The van der Waals surface area contributed by atoms with Gasteiger partial charge in [0.05, 0.1) is 91.3 Å². The van der Waals surface area contributed by atoms with E-state index in [-0.39, 0.29) is 51.0 Å². The summed E-state index contributed by atoms with van der Waals surface area (Å²) in [6.45, 7) is 14.7. The van der Waals surface area contributed by atoms with Crippen LogP contribution in [0.4, 0.5) is 5.69 Å². The Balaban J connectivity index is 1.13. The average Bonchev–Trinajstić information content (AvgIpc) is 1.53. The fraction of sp³-hybridized carbons (Fsp3) is 0.370. The number of carbonyl (C=O) groups excluding carboxylic acids is 3. The smallest absolute Gasteiger partial charge is 0.341 e. The lowest BCUT2D eigenvalue weighted by atomic mass is 9.66. The highest BCUT2D eigenvalue weighted by Gasteiger charge is 2.49. The van der Waals surface area contributed by atoms with Gasteiger partial charge in [-0.3, -0.25) is 9.59 Å². The molecule has 0 radical (unpaired) electrons. The molecule has 2 unspecified atom stereocenters. The van der Waals surface area contributed by atoms with E-state index < -0.39 is 16.8 Å². The molecule has 0 spiro atoms. The maximum Gasteiger partial charge on any atom is 0.341 e. The summed E-state index contributed by atoms with van der Waals surface area (Å²) in [4.78, 5) is 42.8. The van der Waals surface area contributed by atoms with Crippen molar-refractivity contribution in [2.24, 2.45) is 0 Å². The molecule has 0 amide bonds. The van der Waals surface area contributed by atoms with Crippen molar-refractivity contribution in [1.29, 1.82) is 0 Å². The van der Waals surface area contributed by atoms with E-state index in [0.717, 1.165) is 93.4 Å². The lowest BCUT2D eigenvalue weighted by Crippen LogP contribution is -2.33. The fourth-order valence-electron chi connectivity index (χ4n) is 13.7. The molecule has 8 aromatic carbocycles. The number of benzene rings is 8. The van der Waals surface area contributed by atoms with Crippen molar-refractivity contribution in [3.05, 3.63) is 236 Å². The van der Waals surface area contributed by atoms with Gasteiger partial charge < -0.3 is 47.9 Å². The molecule has 13 heteroatoms. The Hall–Kier alpha value is -8.11. The van der Waals surface area contributed by atoms with Gasteiger partial charge in [-0.2, -0.15) is 0 Å². The quantitative estimate of drug-likeness (QED) is 0.0171. The Labute approximate surface area is 555 Å². The summed E-state index contributed by atoms with van der Waals surface area (Å²) in [5.74, 6) is -0.293. The van der Waals surface area contributed by atoms with E-state index in [9.17, 15) is 14.4 Å². The monoisotopic (exact) mass is 1270 g/mol. The number of ether oxygens (including phenoxy) is 8. The molecule has 13 nitrogen and oxygen atoms in total. The van der Waals surface area contributed by atoms with Crippen LogP contribution in [0.25, 0.3) is 33.4 Å². The number of nitrogens with zero attached hydrogens (tertiary/aromatic N) is 1. The number of methoxy groups -OCH3 is 1. The van der Waals surface area contributed by atoms with Gasteiger partial charge in [-0.05, 0) is 185 Å². The summed E-state index contributed by atoms with van der Waals surface area (Å²) in [6.07, 6.45) is 7.37. The van der Waals surface area contributed by atoms with E-state index in [2.05, 4.69) is 136 Å². The molecule has 2 aliphatic carbocycles. The second kappa shape index (κ2) is 32.8. The van der Waals surface area contributed by atoms with Gasteiger partial charge in [0.25, 0.3) is 0 Å². The Morgan fingerprint density at radius 3 is 1.77 bits per heavy atom. The van der Waals surface area contributed by atoms with Crippen molar-refractivity contribution in [3.63, 3.8) is 0 Å². The first-order chi connectivity index (χ1) is 45.9. The van der Waals surface area contributed by atoms with Crippen LogP contribution in [0.1, 0.15) is 145 Å². The molecule has 0 saturated heterocycles. The van der Waals surface area contributed by atoms with Crippen LogP contribution in [0, 0.1) is 13.8 Å². The first-order valence-electron chi connectivity index (χ1n) is 33.4. The van der Waals surface area contributed by atoms with Gasteiger partial charge in [-0.1, -0.05) is 140 Å². The van der Waals surface area contributed by atoms with Crippen molar-refractivity contribution >= 4 is 23.7 Å². The van der Waals surface area contributed by atoms with Crippen LogP contribution in [0.3, 0.4) is 0 Å². The number of rotatable bonds is 37. The number of anilines is 1. The lowest BCUT2D eigenvalue weighted by Gasteiger charge is -2.36. The van der Waals surface area contributed by atoms with E-state index in [0.29, 0.717) is 69.7 Å².